The highest BCUT2D eigenvalue weighted by atomic mass is 32.2. The summed E-state index contributed by atoms with van der Waals surface area (Å²) in [7, 11) is 0. The van der Waals surface area contributed by atoms with Gasteiger partial charge in [-0.05, 0) is 25.7 Å². The average molecular weight is 226 g/mol. The van der Waals surface area contributed by atoms with Crippen LogP contribution < -0.4 is 0 Å². The molecule has 15 heavy (non-hydrogen) atoms. The third-order valence-corrected chi connectivity index (χ3v) is 4.88. The Morgan fingerprint density at radius 2 is 1.73 bits per heavy atom. The van der Waals surface area contributed by atoms with Gasteiger partial charge in [-0.25, -0.2) is 0 Å². The van der Waals surface area contributed by atoms with Crippen LogP contribution in [0.5, 0.6) is 0 Å². The SMILES string of the molecule is N=C(CSC1CCCCC1)N1CCCC1. The Hall–Kier alpha value is -0.180. The second kappa shape index (κ2) is 5.78. The van der Waals surface area contributed by atoms with Gasteiger partial charge >= 0.3 is 0 Å². The summed E-state index contributed by atoms with van der Waals surface area (Å²) in [5.41, 5.74) is 0. The van der Waals surface area contributed by atoms with Gasteiger partial charge in [0.05, 0.1) is 5.75 Å². The molecule has 0 aromatic heterocycles. The van der Waals surface area contributed by atoms with Gasteiger partial charge in [-0.15, -0.1) is 0 Å². The fraction of sp³-hybridized carbons (Fsp3) is 0.917. The van der Waals surface area contributed by atoms with Crippen LogP contribution in [0, 0.1) is 5.41 Å². The molecule has 3 heteroatoms. The molecule has 1 aliphatic carbocycles. The smallest absolute Gasteiger partial charge is 0.106 e. The summed E-state index contributed by atoms with van der Waals surface area (Å²) < 4.78 is 0. The molecule has 1 N–H and O–H groups in total. The summed E-state index contributed by atoms with van der Waals surface area (Å²) in [6, 6.07) is 0. The predicted octanol–water partition coefficient (Wildman–Crippen LogP) is 3.13. The number of nitrogens with one attached hydrogen (secondary N) is 1. The summed E-state index contributed by atoms with van der Waals surface area (Å²) in [5, 5.41) is 8.86. The minimum absolute atomic E-state index is 0.849. The summed E-state index contributed by atoms with van der Waals surface area (Å²) >= 11 is 2.03. The number of nitrogens with zero attached hydrogens (tertiary/aromatic N) is 1. The van der Waals surface area contributed by atoms with E-state index in [1.807, 2.05) is 11.8 Å². The van der Waals surface area contributed by atoms with E-state index >= 15 is 0 Å². The third kappa shape index (κ3) is 3.40. The maximum Gasteiger partial charge on any atom is 0.106 e. The van der Waals surface area contributed by atoms with Gasteiger partial charge in [0.1, 0.15) is 5.84 Å². The zero-order chi connectivity index (χ0) is 10.5. The lowest BCUT2D eigenvalue weighted by Crippen LogP contribution is -2.29. The first-order valence-electron chi connectivity index (χ1n) is 6.30. The quantitative estimate of drug-likeness (QED) is 0.591. The molecule has 0 aromatic carbocycles. The molecule has 2 fully saturated rings. The lowest BCUT2D eigenvalue weighted by molar-refractivity contribution is 0.509. The van der Waals surface area contributed by atoms with Crippen LogP contribution in [0.2, 0.25) is 0 Å². The van der Waals surface area contributed by atoms with Crippen molar-refractivity contribution in [1.82, 2.24) is 4.90 Å². The van der Waals surface area contributed by atoms with E-state index in [1.165, 1.54) is 44.9 Å². The molecule has 2 rings (SSSR count). The van der Waals surface area contributed by atoms with Gasteiger partial charge < -0.3 is 4.90 Å². The summed E-state index contributed by atoms with van der Waals surface area (Å²) in [6.07, 6.45) is 9.60. The topological polar surface area (TPSA) is 27.1 Å². The highest BCUT2D eigenvalue weighted by Crippen LogP contribution is 2.28. The average Bonchev–Trinajstić information content (AvgIpc) is 2.81. The van der Waals surface area contributed by atoms with Crippen molar-refractivity contribution in [2.45, 2.75) is 50.2 Å². The van der Waals surface area contributed by atoms with Crippen molar-refractivity contribution in [3.05, 3.63) is 0 Å². The second-order valence-corrected chi connectivity index (χ2v) is 6.00. The van der Waals surface area contributed by atoms with Gasteiger partial charge in [0.15, 0.2) is 0 Å². The van der Waals surface area contributed by atoms with Crippen LogP contribution in [0.15, 0.2) is 0 Å². The molecule has 0 spiro atoms. The molecule has 1 heterocycles. The van der Waals surface area contributed by atoms with Crippen LogP contribution in [-0.4, -0.2) is 34.8 Å². The number of amidine groups is 1. The molecule has 0 atom stereocenters. The van der Waals surface area contributed by atoms with Crippen LogP contribution in [0.1, 0.15) is 44.9 Å². The van der Waals surface area contributed by atoms with Gasteiger partial charge in [-0.2, -0.15) is 11.8 Å². The fourth-order valence-corrected chi connectivity index (χ4v) is 3.75. The number of hydrogen-bond donors (Lipinski definition) is 1. The lowest BCUT2D eigenvalue weighted by Gasteiger charge is -2.23. The first-order valence-corrected chi connectivity index (χ1v) is 7.35. The predicted molar refractivity (Wildman–Crippen MR) is 67.9 cm³/mol. The molecule has 1 saturated heterocycles. The molecular formula is C12H22N2S. The van der Waals surface area contributed by atoms with E-state index in [2.05, 4.69) is 4.90 Å². The largest absolute Gasteiger partial charge is 0.360 e. The Morgan fingerprint density at radius 3 is 2.40 bits per heavy atom. The van der Waals surface area contributed by atoms with E-state index in [0.29, 0.717) is 0 Å². The van der Waals surface area contributed by atoms with Gasteiger partial charge in [0.25, 0.3) is 0 Å². The van der Waals surface area contributed by atoms with Gasteiger partial charge in [0.2, 0.25) is 0 Å². The lowest BCUT2D eigenvalue weighted by atomic mass is 10.0. The normalized spacial score (nSPS) is 23.3. The van der Waals surface area contributed by atoms with Crippen molar-refractivity contribution >= 4 is 17.6 Å². The standard InChI is InChI=1S/C12H22N2S/c13-12(14-8-4-5-9-14)10-15-11-6-2-1-3-7-11/h11,13H,1-10H2. The number of likely N-dealkylation sites (tertiary alicyclic amines) is 1. The van der Waals surface area contributed by atoms with Crippen molar-refractivity contribution in [3.63, 3.8) is 0 Å². The Bertz CT molecular complexity index is 206. The van der Waals surface area contributed by atoms with E-state index in [4.69, 9.17) is 5.41 Å². The molecular weight excluding hydrogens is 204 g/mol. The molecule has 2 nitrogen and oxygen atoms in total. The molecule has 1 aliphatic heterocycles. The minimum atomic E-state index is 0.849. The maximum absolute atomic E-state index is 8.01. The highest BCUT2D eigenvalue weighted by molar-refractivity contribution is 8.00. The van der Waals surface area contributed by atoms with E-state index in [-0.39, 0.29) is 0 Å². The monoisotopic (exact) mass is 226 g/mol. The van der Waals surface area contributed by atoms with Crippen molar-refractivity contribution in [2.75, 3.05) is 18.8 Å². The van der Waals surface area contributed by atoms with Gasteiger partial charge in [0, 0.05) is 18.3 Å². The van der Waals surface area contributed by atoms with Crippen molar-refractivity contribution in [1.29, 1.82) is 5.41 Å². The first-order chi connectivity index (χ1) is 7.36. The maximum atomic E-state index is 8.01. The van der Waals surface area contributed by atoms with Crippen molar-refractivity contribution < 1.29 is 0 Å². The molecule has 0 unspecified atom stereocenters. The Balaban J connectivity index is 1.65. The van der Waals surface area contributed by atoms with Crippen LogP contribution in [0.4, 0.5) is 0 Å². The summed E-state index contributed by atoms with van der Waals surface area (Å²) in [6.45, 7) is 2.26. The molecule has 0 bridgehead atoms. The number of thioether (sulfide) groups is 1. The molecule has 0 amide bonds. The van der Waals surface area contributed by atoms with Crippen LogP contribution in [0.25, 0.3) is 0 Å². The highest BCUT2D eigenvalue weighted by Gasteiger charge is 2.18. The van der Waals surface area contributed by atoms with Crippen molar-refractivity contribution in [3.8, 4) is 0 Å². The van der Waals surface area contributed by atoms with Crippen LogP contribution in [0.3, 0.4) is 0 Å². The van der Waals surface area contributed by atoms with Crippen molar-refractivity contribution in [2.24, 2.45) is 0 Å². The van der Waals surface area contributed by atoms with Crippen LogP contribution in [-0.2, 0) is 0 Å². The molecule has 2 aliphatic rings. The Morgan fingerprint density at radius 1 is 1.07 bits per heavy atom. The molecule has 0 radical (unpaired) electrons. The Kier molecular flexibility index (Phi) is 4.36. The van der Waals surface area contributed by atoms with Crippen LogP contribution >= 0.6 is 11.8 Å². The fourth-order valence-electron chi connectivity index (χ4n) is 2.51. The zero-order valence-electron chi connectivity index (χ0n) is 9.50. The van der Waals surface area contributed by atoms with E-state index < -0.39 is 0 Å². The van der Waals surface area contributed by atoms with E-state index in [9.17, 15) is 0 Å². The number of rotatable bonds is 3. The minimum Gasteiger partial charge on any atom is -0.360 e. The van der Waals surface area contributed by atoms with E-state index in [1.54, 1.807) is 0 Å². The number of hydrogen-bond acceptors (Lipinski definition) is 2. The molecule has 1 saturated carbocycles. The van der Waals surface area contributed by atoms with Gasteiger partial charge in [-0.3, -0.25) is 5.41 Å². The third-order valence-electron chi connectivity index (χ3n) is 3.50. The zero-order valence-corrected chi connectivity index (χ0v) is 10.3. The van der Waals surface area contributed by atoms with E-state index in [0.717, 1.165) is 29.9 Å². The Labute approximate surface area is 97.3 Å². The summed E-state index contributed by atoms with van der Waals surface area (Å²) in [5.74, 6) is 1.83. The summed E-state index contributed by atoms with van der Waals surface area (Å²) in [4.78, 5) is 2.26. The van der Waals surface area contributed by atoms with Gasteiger partial charge in [-0.1, -0.05) is 19.3 Å². The molecule has 86 valence electrons. The molecule has 0 aromatic rings. The first kappa shape index (κ1) is 11.3. The second-order valence-electron chi connectivity index (χ2n) is 4.71.